The summed E-state index contributed by atoms with van der Waals surface area (Å²) in [6.07, 6.45) is 0.907. The largest absolute Gasteiger partial charge is 0.433 e. The first-order valence-electron chi connectivity index (χ1n) is 8.56. The van der Waals surface area contributed by atoms with Crippen LogP contribution < -0.4 is 15.8 Å². The predicted molar refractivity (Wildman–Crippen MR) is 99.4 cm³/mol. The van der Waals surface area contributed by atoms with Crippen LogP contribution in [0, 0.1) is 5.82 Å². The van der Waals surface area contributed by atoms with Crippen LogP contribution in [-0.2, 0) is 10.3 Å². The predicted octanol–water partition coefficient (Wildman–Crippen LogP) is 3.78. The number of anilines is 1. The molecule has 0 saturated carbocycles. The highest BCUT2D eigenvalue weighted by Crippen LogP contribution is 2.48. The SMILES string of the molecule is C=C1OC(N)=N[C@](C)(c2cc(NC(=O)c3ccc(OC(F)F)cn3)ccc2F)C1(F)F. The monoisotopic (exact) mass is 442 g/mol. The van der Waals surface area contributed by atoms with Gasteiger partial charge in [0, 0.05) is 11.3 Å². The van der Waals surface area contributed by atoms with E-state index in [-0.39, 0.29) is 17.1 Å². The number of aliphatic imine (C=N–C) groups is 1. The van der Waals surface area contributed by atoms with E-state index < -0.39 is 47.1 Å². The summed E-state index contributed by atoms with van der Waals surface area (Å²) in [6.45, 7) is 0.999. The third-order valence-corrected chi connectivity index (χ3v) is 4.47. The molecule has 1 atom stereocenters. The first kappa shape index (κ1) is 22.0. The maximum Gasteiger partial charge on any atom is 0.387 e. The molecule has 0 saturated heterocycles. The molecule has 2 heterocycles. The standard InChI is InChI=1S/C19H15F5N4O3/c1-9-19(23,24)18(2,28-17(25)30-9)12-7-10(3-5-13(12)20)27-15(29)14-6-4-11(8-26-14)31-16(21)22/h3-8,16H,1H2,2H3,(H2,25,28)(H,27,29)/t18-/m1/s1. The number of hydrogen-bond acceptors (Lipinski definition) is 6. The molecule has 0 spiro atoms. The highest BCUT2D eigenvalue weighted by Gasteiger charge is 2.59. The van der Waals surface area contributed by atoms with Gasteiger partial charge in [0.2, 0.25) is 0 Å². The summed E-state index contributed by atoms with van der Waals surface area (Å²) in [5.74, 6) is -6.93. The van der Waals surface area contributed by atoms with Crippen molar-refractivity contribution in [2.75, 3.05) is 5.32 Å². The molecular weight excluding hydrogens is 427 g/mol. The molecular formula is C19H15F5N4O3. The second-order valence-electron chi connectivity index (χ2n) is 6.53. The Labute approximate surface area is 172 Å². The Balaban J connectivity index is 1.90. The van der Waals surface area contributed by atoms with Crippen molar-refractivity contribution in [1.29, 1.82) is 0 Å². The number of nitrogens with two attached hydrogens (primary N) is 1. The van der Waals surface area contributed by atoms with Crippen LogP contribution >= 0.6 is 0 Å². The molecule has 0 bridgehead atoms. The lowest BCUT2D eigenvalue weighted by molar-refractivity contribution is -0.0746. The molecule has 3 rings (SSSR count). The normalized spacial score (nSPS) is 20.1. The molecule has 1 aliphatic heterocycles. The summed E-state index contributed by atoms with van der Waals surface area (Å²) >= 11 is 0. The van der Waals surface area contributed by atoms with Gasteiger partial charge in [0.1, 0.15) is 17.3 Å². The van der Waals surface area contributed by atoms with Crippen molar-refractivity contribution >= 4 is 17.6 Å². The number of amides is 1. The van der Waals surface area contributed by atoms with E-state index in [1.54, 1.807) is 0 Å². The lowest BCUT2D eigenvalue weighted by atomic mass is 9.84. The van der Waals surface area contributed by atoms with Crippen LogP contribution in [0.3, 0.4) is 0 Å². The fourth-order valence-corrected chi connectivity index (χ4v) is 2.86. The minimum absolute atomic E-state index is 0.0565. The van der Waals surface area contributed by atoms with E-state index in [2.05, 4.69) is 31.3 Å². The van der Waals surface area contributed by atoms with Gasteiger partial charge in [-0.05, 0) is 37.3 Å². The molecule has 164 valence electrons. The van der Waals surface area contributed by atoms with Crippen molar-refractivity contribution in [2.24, 2.45) is 10.7 Å². The zero-order chi connectivity index (χ0) is 23.0. The molecule has 2 aromatic rings. The summed E-state index contributed by atoms with van der Waals surface area (Å²) in [6, 6.07) is 4.54. The maximum absolute atomic E-state index is 14.8. The maximum atomic E-state index is 14.8. The van der Waals surface area contributed by atoms with E-state index in [4.69, 9.17) is 5.73 Å². The second-order valence-corrected chi connectivity index (χ2v) is 6.53. The molecule has 0 unspecified atom stereocenters. The quantitative estimate of drug-likeness (QED) is 0.687. The van der Waals surface area contributed by atoms with Gasteiger partial charge >= 0.3 is 12.5 Å². The van der Waals surface area contributed by atoms with Gasteiger partial charge < -0.3 is 20.5 Å². The Kier molecular flexibility index (Phi) is 5.57. The van der Waals surface area contributed by atoms with Gasteiger partial charge in [0.25, 0.3) is 11.9 Å². The van der Waals surface area contributed by atoms with Crippen LogP contribution in [0.1, 0.15) is 23.0 Å². The third-order valence-electron chi connectivity index (χ3n) is 4.47. The van der Waals surface area contributed by atoms with Crippen molar-refractivity contribution in [1.82, 2.24) is 4.98 Å². The molecule has 12 heteroatoms. The van der Waals surface area contributed by atoms with Gasteiger partial charge in [0.05, 0.1) is 6.20 Å². The number of carbonyl (C=O) groups excluding carboxylic acids is 1. The van der Waals surface area contributed by atoms with E-state index in [9.17, 15) is 26.7 Å². The molecule has 0 aliphatic carbocycles. The van der Waals surface area contributed by atoms with Crippen LogP contribution in [0.2, 0.25) is 0 Å². The van der Waals surface area contributed by atoms with Gasteiger partial charge in [-0.3, -0.25) is 4.79 Å². The molecule has 0 fully saturated rings. The molecule has 0 radical (unpaired) electrons. The van der Waals surface area contributed by atoms with Crippen LogP contribution in [0.15, 0.2) is 53.9 Å². The fourth-order valence-electron chi connectivity index (χ4n) is 2.86. The lowest BCUT2D eigenvalue weighted by Crippen LogP contribution is -2.49. The highest BCUT2D eigenvalue weighted by molar-refractivity contribution is 6.02. The summed E-state index contributed by atoms with van der Waals surface area (Å²) in [5, 5.41) is 2.36. The van der Waals surface area contributed by atoms with Crippen LogP contribution in [0.4, 0.5) is 27.6 Å². The molecule has 1 aromatic carbocycles. The number of pyridine rings is 1. The number of aromatic nitrogens is 1. The Morgan fingerprint density at radius 3 is 2.61 bits per heavy atom. The van der Waals surface area contributed by atoms with Crippen LogP contribution in [0.25, 0.3) is 0 Å². The van der Waals surface area contributed by atoms with Gasteiger partial charge in [-0.1, -0.05) is 6.58 Å². The third kappa shape index (κ3) is 4.13. The number of amidine groups is 1. The Hall–Kier alpha value is -3.70. The molecule has 1 aliphatic rings. The number of ether oxygens (including phenoxy) is 2. The van der Waals surface area contributed by atoms with E-state index in [0.29, 0.717) is 0 Å². The number of nitrogens with one attached hydrogen (secondary N) is 1. The Morgan fingerprint density at radius 1 is 1.29 bits per heavy atom. The summed E-state index contributed by atoms with van der Waals surface area (Å²) < 4.78 is 77.1. The van der Waals surface area contributed by atoms with Crippen LogP contribution in [-0.4, -0.2) is 29.4 Å². The minimum atomic E-state index is -3.82. The first-order chi connectivity index (χ1) is 14.4. The van der Waals surface area contributed by atoms with Gasteiger partial charge in [0.15, 0.2) is 11.3 Å². The number of alkyl halides is 4. The Bertz CT molecular complexity index is 1060. The molecule has 31 heavy (non-hydrogen) atoms. The second kappa shape index (κ2) is 7.85. The van der Waals surface area contributed by atoms with Crippen LogP contribution in [0.5, 0.6) is 5.75 Å². The summed E-state index contributed by atoms with van der Waals surface area (Å²) in [4.78, 5) is 19.6. The minimum Gasteiger partial charge on any atom is -0.433 e. The zero-order valence-electron chi connectivity index (χ0n) is 15.8. The van der Waals surface area contributed by atoms with Crippen molar-refractivity contribution in [2.45, 2.75) is 25.0 Å². The number of hydrogen-bond donors (Lipinski definition) is 2. The van der Waals surface area contributed by atoms with Crippen molar-refractivity contribution in [3.63, 3.8) is 0 Å². The fraction of sp³-hybridized carbons (Fsp3) is 0.211. The van der Waals surface area contributed by atoms with Gasteiger partial charge in [-0.2, -0.15) is 17.6 Å². The number of nitrogens with zero attached hydrogens (tertiary/aromatic N) is 2. The molecule has 7 nitrogen and oxygen atoms in total. The Morgan fingerprint density at radius 2 is 2.00 bits per heavy atom. The van der Waals surface area contributed by atoms with Crippen molar-refractivity contribution in [3.05, 3.63) is 65.9 Å². The smallest absolute Gasteiger partial charge is 0.387 e. The number of benzene rings is 1. The van der Waals surface area contributed by atoms with E-state index in [0.717, 1.165) is 43.5 Å². The van der Waals surface area contributed by atoms with Gasteiger partial charge in [-0.25, -0.2) is 14.4 Å². The zero-order valence-corrected chi connectivity index (χ0v) is 15.8. The topological polar surface area (TPSA) is 98.8 Å². The highest BCUT2D eigenvalue weighted by atomic mass is 19.3. The number of rotatable bonds is 5. The van der Waals surface area contributed by atoms with Crippen molar-refractivity contribution in [3.8, 4) is 5.75 Å². The van der Waals surface area contributed by atoms with E-state index in [1.807, 2.05) is 0 Å². The molecule has 1 amide bonds. The van der Waals surface area contributed by atoms with Gasteiger partial charge in [-0.15, -0.1) is 0 Å². The molecule has 1 aromatic heterocycles. The lowest BCUT2D eigenvalue weighted by Gasteiger charge is -2.38. The van der Waals surface area contributed by atoms with E-state index >= 15 is 0 Å². The molecule has 3 N–H and O–H groups in total. The average Bonchev–Trinajstić information content (AvgIpc) is 2.68. The first-order valence-corrected chi connectivity index (χ1v) is 8.56. The number of halogens is 5. The summed E-state index contributed by atoms with van der Waals surface area (Å²) in [7, 11) is 0. The average molecular weight is 442 g/mol. The van der Waals surface area contributed by atoms with Crippen molar-refractivity contribution < 1.29 is 36.2 Å². The van der Waals surface area contributed by atoms with E-state index in [1.165, 1.54) is 0 Å². The number of carbonyl (C=O) groups is 1. The summed E-state index contributed by atoms with van der Waals surface area (Å²) in [5.41, 5.74) is 2.11.